The Bertz CT molecular complexity index is 820. The van der Waals surface area contributed by atoms with Crippen LogP contribution in [-0.4, -0.2) is 16.3 Å². The first kappa shape index (κ1) is 17.6. The molecule has 25 heavy (non-hydrogen) atoms. The minimum absolute atomic E-state index is 0.491. The zero-order valence-electron chi connectivity index (χ0n) is 13.5. The lowest BCUT2D eigenvalue weighted by atomic mass is 10.1. The number of aliphatic carboxylic acids is 1. The fourth-order valence-corrected chi connectivity index (χ4v) is 4.41. The minimum atomic E-state index is -0.784. The Morgan fingerprint density at radius 1 is 0.800 bits per heavy atom. The third kappa shape index (κ3) is 5.15. The summed E-state index contributed by atoms with van der Waals surface area (Å²) in [7, 11) is 0. The third-order valence-corrected chi connectivity index (χ3v) is 5.97. The number of hydrogen-bond donors (Lipinski definition) is 1. The number of carboxylic acid groups (broad SMARTS) is 1. The van der Waals surface area contributed by atoms with Crippen LogP contribution in [0.3, 0.4) is 0 Å². The molecule has 3 rings (SSSR count). The smallest absolute Gasteiger partial charge is 0.317 e. The Balaban J connectivity index is 1.79. The van der Waals surface area contributed by atoms with Gasteiger partial charge in [0, 0.05) is 14.7 Å². The molecule has 0 amide bonds. The predicted molar refractivity (Wildman–Crippen MR) is 104 cm³/mol. The van der Waals surface area contributed by atoms with Gasteiger partial charge in [0.25, 0.3) is 0 Å². The summed E-state index contributed by atoms with van der Waals surface area (Å²) in [5.74, 6) is -0.784. The molecule has 0 spiro atoms. The lowest BCUT2D eigenvalue weighted by molar-refractivity contribution is -0.136. The average molecular weight is 367 g/mol. The van der Waals surface area contributed by atoms with E-state index in [-0.39, 0.29) is 0 Å². The van der Waals surface area contributed by atoms with Gasteiger partial charge in [0.05, 0.1) is 0 Å². The minimum Gasteiger partial charge on any atom is -0.480 e. The van der Waals surface area contributed by atoms with Gasteiger partial charge in [0.1, 0.15) is 5.25 Å². The third-order valence-electron chi connectivity index (χ3n) is 3.65. The van der Waals surface area contributed by atoms with Gasteiger partial charge in [-0.15, -0.1) is 11.8 Å². The molecule has 2 nitrogen and oxygen atoms in total. The predicted octanol–water partition coefficient (Wildman–Crippen LogP) is 5.63. The van der Waals surface area contributed by atoms with E-state index in [9.17, 15) is 9.90 Å². The van der Waals surface area contributed by atoms with Crippen molar-refractivity contribution in [2.45, 2.75) is 26.4 Å². The van der Waals surface area contributed by atoms with E-state index in [1.807, 2.05) is 66.7 Å². The van der Waals surface area contributed by atoms with Crippen LogP contribution >= 0.6 is 23.5 Å². The van der Waals surface area contributed by atoms with Crippen LogP contribution in [-0.2, 0) is 11.2 Å². The van der Waals surface area contributed by atoms with Gasteiger partial charge in [0.15, 0.2) is 0 Å². The van der Waals surface area contributed by atoms with E-state index in [0.29, 0.717) is 6.42 Å². The fraction of sp³-hybridized carbons (Fsp3) is 0.0952. The van der Waals surface area contributed by atoms with Crippen LogP contribution in [0.25, 0.3) is 0 Å². The van der Waals surface area contributed by atoms with Crippen LogP contribution in [0.5, 0.6) is 0 Å². The van der Waals surface area contributed by atoms with Gasteiger partial charge < -0.3 is 5.11 Å². The summed E-state index contributed by atoms with van der Waals surface area (Å²) >= 11 is 3.07. The van der Waals surface area contributed by atoms with Crippen molar-refractivity contribution in [1.29, 1.82) is 0 Å². The van der Waals surface area contributed by atoms with Gasteiger partial charge in [-0.05, 0) is 42.3 Å². The summed E-state index contributed by atoms with van der Waals surface area (Å²) in [5.41, 5.74) is 1.06. The lowest BCUT2D eigenvalue weighted by Gasteiger charge is -2.15. The average Bonchev–Trinajstić information content (AvgIpc) is 2.64. The van der Waals surface area contributed by atoms with E-state index in [0.717, 1.165) is 20.2 Å². The number of benzene rings is 3. The van der Waals surface area contributed by atoms with E-state index < -0.39 is 11.2 Å². The molecule has 3 aromatic carbocycles. The van der Waals surface area contributed by atoms with Crippen LogP contribution < -0.4 is 0 Å². The van der Waals surface area contributed by atoms with Crippen molar-refractivity contribution < 1.29 is 9.90 Å². The van der Waals surface area contributed by atoms with E-state index in [1.165, 1.54) is 11.8 Å². The summed E-state index contributed by atoms with van der Waals surface area (Å²) in [4.78, 5) is 15.0. The van der Waals surface area contributed by atoms with Crippen molar-refractivity contribution >= 4 is 29.5 Å². The van der Waals surface area contributed by atoms with E-state index in [1.54, 1.807) is 11.8 Å². The molecule has 4 heteroatoms. The fourth-order valence-electron chi connectivity index (χ4n) is 2.43. The Morgan fingerprint density at radius 3 is 2.00 bits per heavy atom. The summed E-state index contributed by atoms with van der Waals surface area (Å²) in [6, 6.07) is 27.9. The number of carboxylic acids is 1. The summed E-state index contributed by atoms with van der Waals surface area (Å²) in [6.07, 6.45) is 0.491. The van der Waals surface area contributed by atoms with Crippen molar-refractivity contribution in [3.8, 4) is 0 Å². The van der Waals surface area contributed by atoms with Crippen molar-refractivity contribution in [2.24, 2.45) is 0 Å². The molecular weight excluding hydrogens is 348 g/mol. The molecule has 0 heterocycles. The van der Waals surface area contributed by atoms with Crippen LogP contribution in [0.15, 0.2) is 99.6 Å². The van der Waals surface area contributed by atoms with Gasteiger partial charge in [-0.3, -0.25) is 4.79 Å². The largest absolute Gasteiger partial charge is 0.480 e. The maximum atomic E-state index is 11.8. The zero-order valence-corrected chi connectivity index (χ0v) is 15.2. The molecule has 0 aliphatic carbocycles. The molecule has 3 aromatic rings. The standard InChI is InChI=1S/C21H18O2S2/c22-21(23)20(25-18-12-5-2-6-13-18)15-16-9-7-8-14-19(16)24-17-10-3-1-4-11-17/h1-14,20H,15H2,(H,22,23)/t20-/m1/s1. The zero-order chi connectivity index (χ0) is 17.5. The maximum absolute atomic E-state index is 11.8. The van der Waals surface area contributed by atoms with Crippen molar-refractivity contribution in [3.05, 3.63) is 90.5 Å². The highest BCUT2D eigenvalue weighted by Crippen LogP contribution is 2.33. The Labute approximate surface area is 156 Å². The van der Waals surface area contributed by atoms with Crippen LogP contribution in [0.2, 0.25) is 0 Å². The highest BCUT2D eigenvalue weighted by Gasteiger charge is 2.21. The first-order valence-electron chi connectivity index (χ1n) is 7.97. The topological polar surface area (TPSA) is 37.3 Å². The molecule has 0 aliphatic heterocycles. The molecule has 0 unspecified atom stereocenters. The molecule has 0 saturated heterocycles. The second kappa shape index (κ2) is 8.79. The Kier molecular flexibility index (Phi) is 6.20. The van der Waals surface area contributed by atoms with E-state index in [2.05, 4.69) is 18.2 Å². The van der Waals surface area contributed by atoms with Gasteiger partial charge in [-0.25, -0.2) is 0 Å². The molecule has 0 saturated carbocycles. The first-order valence-corrected chi connectivity index (χ1v) is 9.67. The number of carbonyl (C=O) groups is 1. The van der Waals surface area contributed by atoms with Gasteiger partial charge in [0.2, 0.25) is 0 Å². The molecule has 0 radical (unpaired) electrons. The number of thioether (sulfide) groups is 1. The van der Waals surface area contributed by atoms with Crippen molar-refractivity contribution in [1.82, 2.24) is 0 Å². The quantitative estimate of drug-likeness (QED) is 0.550. The number of hydrogen-bond acceptors (Lipinski definition) is 3. The SMILES string of the molecule is O=C(O)[C@@H](Cc1ccccc1Sc1ccccc1)Sc1ccccc1. The second-order valence-electron chi connectivity index (χ2n) is 5.48. The highest BCUT2D eigenvalue weighted by atomic mass is 32.2. The Hall–Kier alpha value is -2.17. The lowest BCUT2D eigenvalue weighted by Crippen LogP contribution is -2.19. The number of rotatable bonds is 7. The van der Waals surface area contributed by atoms with Crippen LogP contribution in [0, 0.1) is 0 Å². The maximum Gasteiger partial charge on any atom is 0.317 e. The molecule has 0 fully saturated rings. The normalized spacial score (nSPS) is 11.8. The summed E-state index contributed by atoms with van der Waals surface area (Å²) in [5, 5.41) is 9.13. The van der Waals surface area contributed by atoms with Crippen molar-refractivity contribution in [3.63, 3.8) is 0 Å². The van der Waals surface area contributed by atoms with Crippen molar-refractivity contribution in [2.75, 3.05) is 0 Å². The summed E-state index contributed by atoms with van der Waals surface area (Å²) in [6.45, 7) is 0. The van der Waals surface area contributed by atoms with Crippen LogP contribution in [0.4, 0.5) is 0 Å². The molecule has 0 aromatic heterocycles. The summed E-state index contributed by atoms with van der Waals surface area (Å²) < 4.78 is 0. The van der Waals surface area contributed by atoms with Gasteiger partial charge >= 0.3 is 5.97 Å². The molecule has 0 aliphatic rings. The molecule has 1 atom stereocenters. The highest BCUT2D eigenvalue weighted by molar-refractivity contribution is 8.00. The molecule has 0 bridgehead atoms. The molecule has 1 N–H and O–H groups in total. The first-order chi connectivity index (χ1) is 12.2. The van der Waals surface area contributed by atoms with E-state index >= 15 is 0 Å². The van der Waals surface area contributed by atoms with Gasteiger partial charge in [-0.2, -0.15) is 0 Å². The molecule has 126 valence electrons. The Morgan fingerprint density at radius 2 is 1.36 bits per heavy atom. The second-order valence-corrected chi connectivity index (χ2v) is 7.88. The monoisotopic (exact) mass is 366 g/mol. The van der Waals surface area contributed by atoms with Crippen LogP contribution in [0.1, 0.15) is 5.56 Å². The molecular formula is C21H18O2S2. The van der Waals surface area contributed by atoms with E-state index in [4.69, 9.17) is 0 Å². The van der Waals surface area contributed by atoms with Gasteiger partial charge in [-0.1, -0.05) is 66.4 Å².